The van der Waals surface area contributed by atoms with Gasteiger partial charge in [-0.15, -0.1) is 0 Å². The molecule has 0 N–H and O–H groups in total. The maximum Gasteiger partial charge on any atom is 0.282 e. The number of Topliss-reactive ketones (excluding diaryl/α,β-unsaturated/α-hetero) is 1. The summed E-state index contributed by atoms with van der Waals surface area (Å²) in [6, 6.07) is 4.38. The van der Waals surface area contributed by atoms with E-state index in [9.17, 15) is 14.9 Å². The van der Waals surface area contributed by atoms with Crippen LogP contribution in [-0.4, -0.2) is 20.5 Å². The fourth-order valence-corrected chi connectivity index (χ4v) is 1.84. The van der Waals surface area contributed by atoms with Gasteiger partial charge in [0.1, 0.15) is 0 Å². The SMILES string of the molecule is CC(=O)c1ccc(-n2cc(Br)cn2)cc1[N+](=O)[O-]. The van der Waals surface area contributed by atoms with Crippen LogP contribution < -0.4 is 0 Å². The van der Waals surface area contributed by atoms with Crippen molar-refractivity contribution in [1.82, 2.24) is 9.78 Å². The van der Waals surface area contributed by atoms with Gasteiger partial charge in [0.15, 0.2) is 5.78 Å². The number of nitro benzene ring substituents is 1. The van der Waals surface area contributed by atoms with Crippen molar-refractivity contribution >= 4 is 27.4 Å². The summed E-state index contributed by atoms with van der Waals surface area (Å²) in [6.07, 6.45) is 3.25. The number of halogens is 1. The first-order valence-electron chi connectivity index (χ1n) is 4.99. The highest BCUT2D eigenvalue weighted by Crippen LogP contribution is 2.23. The fraction of sp³-hybridized carbons (Fsp3) is 0.0909. The zero-order chi connectivity index (χ0) is 13.3. The van der Waals surface area contributed by atoms with Gasteiger partial charge in [-0.2, -0.15) is 5.10 Å². The number of carbonyl (C=O) groups excluding carboxylic acids is 1. The number of nitro groups is 1. The molecule has 0 aliphatic rings. The van der Waals surface area contributed by atoms with E-state index < -0.39 is 4.92 Å². The van der Waals surface area contributed by atoms with Crippen molar-refractivity contribution in [3.8, 4) is 5.69 Å². The van der Waals surface area contributed by atoms with E-state index in [1.165, 1.54) is 23.7 Å². The Morgan fingerprint density at radius 3 is 2.72 bits per heavy atom. The molecule has 0 radical (unpaired) electrons. The van der Waals surface area contributed by atoms with Gasteiger partial charge >= 0.3 is 0 Å². The molecule has 0 unspecified atom stereocenters. The van der Waals surface area contributed by atoms with Crippen molar-refractivity contribution in [2.75, 3.05) is 0 Å². The first-order chi connectivity index (χ1) is 8.49. The molecule has 0 saturated carbocycles. The van der Waals surface area contributed by atoms with Gasteiger partial charge in [0.05, 0.1) is 26.8 Å². The van der Waals surface area contributed by atoms with Crippen molar-refractivity contribution in [2.45, 2.75) is 6.92 Å². The Balaban J connectivity index is 2.56. The second-order valence-corrected chi connectivity index (χ2v) is 4.53. The monoisotopic (exact) mass is 309 g/mol. The van der Waals surface area contributed by atoms with E-state index in [2.05, 4.69) is 21.0 Å². The fourth-order valence-electron chi connectivity index (χ4n) is 1.55. The molecule has 0 amide bonds. The van der Waals surface area contributed by atoms with Crippen molar-refractivity contribution in [3.05, 3.63) is 50.7 Å². The number of aromatic nitrogens is 2. The summed E-state index contributed by atoms with van der Waals surface area (Å²) in [5.74, 6) is -0.338. The van der Waals surface area contributed by atoms with Crippen molar-refractivity contribution in [3.63, 3.8) is 0 Å². The molecular formula is C11H8BrN3O3. The molecule has 92 valence electrons. The van der Waals surface area contributed by atoms with Crippen LogP contribution in [0.2, 0.25) is 0 Å². The largest absolute Gasteiger partial charge is 0.294 e. The summed E-state index contributed by atoms with van der Waals surface area (Å²) in [7, 11) is 0. The summed E-state index contributed by atoms with van der Waals surface area (Å²) < 4.78 is 2.25. The molecule has 2 rings (SSSR count). The number of benzene rings is 1. The highest BCUT2D eigenvalue weighted by atomic mass is 79.9. The maximum atomic E-state index is 11.3. The van der Waals surface area contributed by atoms with Crippen molar-refractivity contribution < 1.29 is 9.72 Å². The van der Waals surface area contributed by atoms with Gasteiger partial charge in [-0.1, -0.05) is 0 Å². The van der Waals surface area contributed by atoms with Crippen molar-refractivity contribution in [1.29, 1.82) is 0 Å². The lowest BCUT2D eigenvalue weighted by Crippen LogP contribution is -2.02. The van der Waals surface area contributed by atoms with Crippen LogP contribution in [0.3, 0.4) is 0 Å². The average molecular weight is 310 g/mol. The number of ketones is 1. The Kier molecular flexibility index (Phi) is 3.24. The number of hydrogen-bond donors (Lipinski definition) is 0. The Hall–Kier alpha value is -2.02. The van der Waals surface area contributed by atoms with E-state index in [0.29, 0.717) is 5.69 Å². The predicted octanol–water partition coefficient (Wildman–Crippen LogP) is 2.75. The van der Waals surface area contributed by atoms with Crippen LogP contribution in [0.25, 0.3) is 5.69 Å². The standard InChI is InChI=1S/C11H8BrN3O3/c1-7(16)10-3-2-9(4-11(10)15(17)18)14-6-8(12)5-13-14/h2-6H,1H3. The molecule has 6 nitrogen and oxygen atoms in total. The molecular weight excluding hydrogens is 302 g/mol. The summed E-state index contributed by atoms with van der Waals surface area (Å²) in [5.41, 5.74) is 0.402. The quantitative estimate of drug-likeness (QED) is 0.496. The van der Waals surface area contributed by atoms with Crippen LogP contribution in [0.15, 0.2) is 35.1 Å². The smallest absolute Gasteiger partial charge is 0.282 e. The molecule has 0 atom stereocenters. The van der Waals surface area contributed by atoms with Gasteiger partial charge in [0.25, 0.3) is 5.69 Å². The molecule has 0 saturated heterocycles. The Bertz CT molecular complexity index is 636. The molecule has 0 bridgehead atoms. The lowest BCUT2D eigenvalue weighted by Gasteiger charge is -2.03. The minimum atomic E-state index is -0.571. The predicted molar refractivity (Wildman–Crippen MR) is 67.9 cm³/mol. The molecule has 0 fully saturated rings. The van der Waals surface area contributed by atoms with Gasteiger partial charge in [-0.05, 0) is 35.0 Å². The topological polar surface area (TPSA) is 78.0 Å². The summed E-state index contributed by atoms with van der Waals surface area (Å²) in [4.78, 5) is 21.6. The van der Waals surface area contributed by atoms with E-state index in [1.807, 2.05) is 0 Å². The second-order valence-electron chi connectivity index (χ2n) is 3.62. The number of rotatable bonds is 3. The van der Waals surface area contributed by atoms with Crippen LogP contribution in [0.1, 0.15) is 17.3 Å². The molecule has 1 aromatic carbocycles. The van der Waals surface area contributed by atoms with Gasteiger partial charge in [-0.25, -0.2) is 4.68 Å². The molecule has 18 heavy (non-hydrogen) atoms. The molecule has 1 aromatic heterocycles. The third kappa shape index (κ3) is 2.30. The van der Waals surface area contributed by atoms with E-state index >= 15 is 0 Å². The van der Waals surface area contributed by atoms with Crippen LogP contribution in [0, 0.1) is 10.1 Å². The molecule has 1 heterocycles. The van der Waals surface area contributed by atoms with E-state index in [1.54, 1.807) is 18.5 Å². The number of nitrogens with zero attached hydrogens (tertiary/aromatic N) is 3. The maximum absolute atomic E-state index is 11.3. The molecule has 7 heteroatoms. The van der Waals surface area contributed by atoms with Gasteiger partial charge in [-0.3, -0.25) is 14.9 Å². The van der Waals surface area contributed by atoms with Gasteiger partial charge in [0.2, 0.25) is 0 Å². The zero-order valence-corrected chi connectivity index (χ0v) is 10.9. The van der Waals surface area contributed by atoms with Crippen LogP contribution in [-0.2, 0) is 0 Å². The third-order valence-electron chi connectivity index (χ3n) is 2.37. The van der Waals surface area contributed by atoms with Crippen molar-refractivity contribution in [2.24, 2.45) is 0 Å². The summed E-state index contributed by atoms with van der Waals surface area (Å²) >= 11 is 3.24. The highest BCUT2D eigenvalue weighted by molar-refractivity contribution is 9.10. The Labute approximate surface area is 111 Å². The van der Waals surface area contributed by atoms with Crippen LogP contribution in [0.5, 0.6) is 0 Å². The molecule has 2 aromatic rings. The molecule has 0 aliphatic heterocycles. The normalized spacial score (nSPS) is 10.3. The lowest BCUT2D eigenvalue weighted by atomic mass is 10.1. The first kappa shape index (κ1) is 12.4. The van der Waals surface area contributed by atoms with Crippen LogP contribution in [0.4, 0.5) is 5.69 Å². The number of hydrogen-bond acceptors (Lipinski definition) is 4. The van der Waals surface area contributed by atoms with E-state index in [0.717, 1.165) is 4.47 Å². The summed E-state index contributed by atoms with van der Waals surface area (Å²) in [5, 5.41) is 15.0. The first-order valence-corrected chi connectivity index (χ1v) is 5.78. The molecule has 0 aliphatic carbocycles. The minimum Gasteiger partial charge on any atom is -0.294 e. The second kappa shape index (κ2) is 4.69. The summed E-state index contributed by atoms with van der Waals surface area (Å²) in [6.45, 7) is 1.30. The zero-order valence-electron chi connectivity index (χ0n) is 9.33. The van der Waals surface area contributed by atoms with Gasteiger partial charge < -0.3 is 0 Å². The van der Waals surface area contributed by atoms with Gasteiger partial charge in [0, 0.05) is 12.3 Å². The van der Waals surface area contributed by atoms with Crippen LogP contribution >= 0.6 is 15.9 Å². The lowest BCUT2D eigenvalue weighted by molar-refractivity contribution is -0.385. The minimum absolute atomic E-state index is 0.0926. The highest BCUT2D eigenvalue weighted by Gasteiger charge is 2.18. The van der Waals surface area contributed by atoms with E-state index in [-0.39, 0.29) is 17.0 Å². The third-order valence-corrected chi connectivity index (χ3v) is 2.78. The number of carbonyl (C=O) groups is 1. The average Bonchev–Trinajstić information content (AvgIpc) is 2.75. The van der Waals surface area contributed by atoms with E-state index in [4.69, 9.17) is 0 Å². The Morgan fingerprint density at radius 1 is 1.50 bits per heavy atom. The Morgan fingerprint density at radius 2 is 2.22 bits per heavy atom. The molecule has 0 spiro atoms.